The fraction of sp³-hybridized carbons (Fsp3) is 0.686. The predicted octanol–water partition coefficient (Wildman–Crippen LogP) is 3.11. The van der Waals surface area contributed by atoms with Crippen molar-refractivity contribution < 1.29 is 33.8 Å². The van der Waals surface area contributed by atoms with E-state index in [0.717, 1.165) is 25.7 Å². The van der Waals surface area contributed by atoms with Crippen LogP contribution in [0.15, 0.2) is 24.3 Å². The Morgan fingerprint density at radius 2 is 1.45 bits per heavy atom. The van der Waals surface area contributed by atoms with Crippen LogP contribution in [0.2, 0.25) is 0 Å². The monoisotopic (exact) mass is 661 g/mol. The molecule has 0 saturated heterocycles. The molecule has 47 heavy (non-hydrogen) atoms. The molecule has 0 fully saturated rings. The summed E-state index contributed by atoms with van der Waals surface area (Å²) in [6.45, 7) is 15.8. The van der Waals surface area contributed by atoms with Crippen molar-refractivity contribution in [3.63, 3.8) is 0 Å². The first kappa shape index (κ1) is 41.4. The number of phenolic OH excluding ortho intramolecular Hbond substituents is 1. The van der Waals surface area contributed by atoms with Gasteiger partial charge in [0.2, 0.25) is 29.5 Å². The Labute approximate surface area is 280 Å². The first-order chi connectivity index (χ1) is 22.0. The number of amides is 5. The first-order valence-corrected chi connectivity index (χ1v) is 16.8. The molecule has 0 spiro atoms. The summed E-state index contributed by atoms with van der Waals surface area (Å²) in [4.78, 5) is 63.6. The van der Waals surface area contributed by atoms with Gasteiger partial charge in [-0.1, -0.05) is 66.5 Å². The highest BCUT2D eigenvalue weighted by Gasteiger charge is 2.28. The van der Waals surface area contributed by atoms with E-state index in [-0.39, 0.29) is 43.0 Å². The molecule has 2 atom stereocenters. The molecule has 12 nitrogen and oxygen atoms in total. The summed E-state index contributed by atoms with van der Waals surface area (Å²) in [5.74, 6) is -1.82. The van der Waals surface area contributed by atoms with Gasteiger partial charge in [0.1, 0.15) is 17.8 Å². The Bertz CT molecular complexity index is 1150. The lowest BCUT2D eigenvalue weighted by molar-refractivity contribution is -0.132. The second kappa shape index (κ2) is 20.5. The molecule has 1 aromatic rings. The quantitative estimate of drug-likeness (QED) is 0.104. The van der Waals surface area contributed by atoms with Gasteiger partial charge in [-0.25, -0.2) is 0 Å². The molecule has 0 aliphatic carbocycles. The predicted molar refractivity (Wildman–Crippen MR) is 182 cm³/mol. The van der Waals surface area contributed by atoms with Crippen LogP contribution < -0.4 is 26.6 Å². The Morgan fingerprint density at radius 3 is 2.04 bits per heavy atom. The summed E-state index contributed by atoms with van der Waals surface area (Å²) in [5.41, 5.74) is -0.295. The second-order valence-electron chi connectivity index (χ2n) is 14.0. The minimum absolute atomic E-state index is 0.0294. The molecule has 0 radical (unpaired) electrons. The van der Waals surface area contributed by atoms with E-state index in [1.54, 1.807) is 12.1 Å². The number of rotatable bonds is 22. The van der Waals surface area contributed by atoms with Gasteiger partial charge in [-0.15, -0.1) is 0 Å². The van der Waals surface area contributed by atoms with Crippen molar-refractivity contribution in [1.29, 1.82) is 0 Å². The Balaban J connectivity index is 2.81. The molecule has 0 aliphatic rings. The maximum Gasteiger partial charge on any atom is 0.243 e. The van der Waals surface area contributed by atoms with Crippen molar-refractivity contribution in [2.45, 2.75) is 118 Å². The molecular formula is C35H59N5O7. The third-order valence-corrected chi connectivity index (χ3v) is 7.38. The average Bonchev–Trinajstić information content (AvgIpc) is 2.97. The van der Waals surface area contributed by atoms with Gasteiger partial charge in [0.15, 0.2) is 0 Å². The van der Waals surface area contributed by atoms with Crippen LogP contribution in [-0.4, -0.2) is 78.6 Å². The number of ether oxygens (including phenoxy) is 1. The van der Waals surface area contributed by atoms with Crippen LogP contribution in [0.3, 0.4) is 0 Å². The largest absolute Gasteiger partial charge is 0.508 e. The van der Waals surface area contributed by atoms with Gasteiger partial charge in [-0.2, -0.15) is 0 Å². The molecule has 12 heteroatoms. The van der Waals surface area contributed by atoms with Crippen molar-refractivity contribution in [2.75, 3.05) is 26.3 Å². The van der Waals surface area contributed by atoms with Gasteiger partial charge in [-0.05, 0) is 50.3 Å². The molecule has 0 bridgehead atoms. The Morgan fingerprint density at radius 1 is 0.787 bits per heavy atom. The molecule has 266 valence electrons. The molecule has 1 aromatic carbocycles. The summed E-state index contributed by atoms with van der Waals surface area (Å²) in [5, 5.41) is 23.6. The number of hydrogen-bond donors (Lipinski definition) is 6. The summed E-state index contributed by atoms with van der Waals surface area (Å²) in [7, 11) is 0. The number of aromatic hydroxyl groups is 1. The molecule has 0 heterocycles. The van der Waals surface area contributed by atoms with E-state index >= 15 is 0 Å². The minimum Gasteiger partial charge on any atom is -0.508 e. The second-order valence-corrected chi connectivity index (χ2v) is 14.0. The van der Waals surface area contributed by atoms with Crippen LogP contribution in [0.5, 0.6) is 5.75 Å². The van der Waals surface area contributed by atoms with E-state index < -0.39 is 40.8 Å². The number of benzene rings is 1. The highest BCUT2D eigenvalue weighted by Crippen LogP contribution is 2.17. The summed E-state index contributed by atoms with van der Waals surface area (Å²) >= 11 is 0. The number of hydrogen-bond acceptors (Lipinski definition) is 7. The maximum absolute atomic E-state index is 13.4. The molecular weight excluding hydrogens is 602 g/mol. The van der Waals surface area contributed by atoms with Crippen LogP contribution in [0.1, 0.15) is 99.5 Å². The number of carbonyl (C=O) groups excluding carboxylic acids is 5. The lowest BCUT2D eigenvalue weighted by Crippen LogP contribution is -2.54. The van der Waals surface area contributed by atoms with Crippen LogP contribution in [-0.2, 0) is 35.1 Å². The van der Waals surface area contributed by atoms with Crippen molar-refractivity contribution >= 4 is 29.5 Å². The van der Waals surface area contributed by atoms with Crippen molar-refractivity contribution in [3.05, 3.63) is 29.8 Å². The van der Waals surface area contributed by atoms with Crippen molar-refractivity contribution in [1.82, 2.24) is 26.6 Å². The molecule has 0 aromatic heterocycles. The SMILES string of the molecule is CCCCCC(=O)NC(C(=O)NCC(=O)NC(Cc1ccc(O)cc1)C(=O)NCC(C)(C)COCC(C)(C)NC(=O)CCC)C(C)C. The third-order valence-electron chi connectivity index (χ3n) is 7.38. The Kier molecular flexibility index (Phi) is 18.1. The number of nitrogens with one attached hydrogen (secondary N) is 5. The summed E-state index contributed by atoms with van der Waals surface area (Å²) in [6, 6.07) is 4.57. The van der Waals surface area contributed by atoms with Crippen LogP contribution in [0.25, 0.3) is 0 Å². The standard InChI is InChI=1S/C35H59N5O7/c1-9-11-12-14-28(42)39-31(24(3)4)33(46)36-20-30(44)38-27(19-25-15-17-26(41)18-16-25)32(45)37-21-34(5,6)22-47-23-35(7,8)40-29(43)13-10-2/h15-18,24,27,31,41H,9-14,19-23H2,1-8H3,(H,36,46)(H,37,45)(H,38,44)(H,39,42)(H,40,43). The highest BCUT2D eigenvalue weighted by atomic mass is 16.5. The highest BCUT2D eigenvalue weighted by molar-refractivity contribution is 5.92. The molecule has 0 aliphatic heterocycles. The van der Waals surface area contributed by atoms with Crippen LogP contribution in [0.4, 0.5) is 0 Å². The van der Waals surface area contributed by atoms with Crippen LogP contribution >= 0.6 is 0 Å². The van der Waals surface area contributed by atoms with Gasteiger partial charge in [-0.3, -0.25) is 24.0 Å². The van der Waals surface area contributed by atoms with Crippen LogP contribution in [0, 0.1) is 11.3 Å². The summed E-state index contributed by atoms with van der Waals surface area (Å²) < 4.78 is 5.92. The number of phenols is 1. The van der Waals surface area contributed by atoms with Gasteiger partial charge >= 0.3 is 0 Å². The smallest absolute Gasteiger partial charge is 0.243 e. The lowest BCUT2D eigenvalue weighted by Gasteiger charge is -2.30. The topological polar surface area (TPSA) is 175 Å². The normalized spacial score (nSPS) is 13.0. The van der Waals surface area contributed by atoms with Gasteiger partial charge in [0, 0.05) is 31.2 Å². The zero-order chi connectivity index (χ0) is 35.6. The molecule has 2 unspecified atom stereocenters. The van der Waals surface area contributed by atoms with E-state index in [1.807, 2.05) is 55.4 Å². The maximum atomic E-state index is 13.4. The Hall–Kier alpha value is -3.67. The number of carbonyl (C=O) groups is 5. The van der Waals surface area contributed by atoms with Crippen molar-refractivity contribution in [3.8, 4) is 5.75 Å². The first-order valence-electron chi connectivity index (χ1n) is 16.8. The lowest BCUT2D eigenvalue weighted by atomic mass is 9.94. The van der Waals surface area contributed by atoms with E-state index in [1.165, 1.54) is 12.1 Å². The average molecular weight is 662 g/mol. The van der Waals surface area contributed by atoms with Gasteiger partial charge < -0.3 is 36.4 Å². The van der Waals surface area contributed by atoms with E-state index in [2.05, 4.69) is 26.6 Å². The zero-order valence-electron chi connectivity index (χ0n) is 29.7. The van der Waals surface area contributed by atoms with Crippen molar-refractivity contribution in [2.24, 2.45) is 11.3 Å². The molecule has 5 amide bonds. The van der Waals surface area contributed by atoms with E-state index in [9.17, 15) is 29.1 Å². The van der Waals surface area contributed by atoms with E-state index in [0.29, 0.717) is 31.6 Å². The minimum atomic E-state index is -0.965. The fourth-order valence-electron chi connectivity index (χ4n) is 4.70. The molecule has 1 rings (SSSR count). The van der Waals surface area contributed by atoms with E-state index in [4.69, 9.17) is 4.74 Å². The van der Waals surface area contributed by atoms with Gasteiger partial charge in [0.05, 0.1) is 25.3 Å². The molecule has 6 N–H and O–H groups in total. The fourth-order valence-corrected chi connectivity index (χ4v) is 4.70. The zero-order valence-corrected chi connectivity index (χ0v) is 29.7. The van der Waals surface area contributed by atoms with Gasteiger partial charge in [0.25, 0.3) is 0 Å². The third kappa shape index (κ3) is 17.7. The molecule has 0 saturated carbocycles. The number of unbranched alkanes of at least 4 members (excludes halogenated alkanes) is 2. The summed E-state index contributed by atoms with van der Waals surface area (Å²) in [6.07, 6.45) is 4.33.